The predicted octanol–water partition coefficient (Wildman–Crippen LogP) is 4.07. The van der Waals surface area contributed by atoms with Crippen LogP contribution in [0.2, 0.25) is 0 Å². The second-order valence-electron chi connectivity index (χ2n) is 6.18. The van der Waals surface area contributed by atoms with Crippen LogP contribution in [0.1, 0.15) is 55.8 Å². The van der Waals surface area contributed by atoms with Crippen molar-refractivity contribution in [2.75, 3.05) is 6.26 Å². The van der Waals surface area contributed by atoms with Crippen molar-refractivity contribution in [1.82, 2.24) is 5.32 Å². The summed E-state index contributed by atoms with van der Waals surface area (Å²) in [6.45, 7) is 2.26. The third-order valence-electron chi connectivity index (χ3n) is 4.37. The van der Waals surface area contributed by atoms with Crippen LogP contribution >= 0.6 is 11.8 Å². The average molecular weight is 319 g/mol. The molecule has 0 saturated heterocycles. The minimum Gasteiger partial charge on any atom is -0.353 e. The maximum Gasteiger partial charge on any atom is 0.220 e. The van der Waals surface area contributed by atoms with Crippen molar-refractivity contribution in [3.8, 4) is 0 Å². The van der Waals surface area contributed by atoms with Gasteiger partial charge in [0.2, 0.25) is 5.91 Å². The van der Waals surface area contributed by atoms with Gasteiger partial charge in [0.15, 0.2) is 5.78 Å². The number of Topliss-reactive ketones (excluding diaryl/α,β-unsaturated/α-hetero) is 1. The topological polar surface area (TPSA) is 46.2 Å². The molecule has 4 heteroatoms. The molecule has 1 aliphatic carbocycles. The predicted molar refractivity (Wildman–Crippen MR) is 91.4 cm³/mol. The Bertz CT molecular complexity index is 504. The van der Waals surface area contributed by atoms with E-state index < -0.39 is 0 Å². The summed E-state index contributed by atoms with van der Waals surface area (Å²) in [6.07, 6.45) is 7.08. The molecule has 1 amide bonds. The lowest BCUT2D eigenvalue weighted by Crippen LogP contribution is -2.37. The molecule has 3 nitrogen and oxygen atoms in total. The lowest BCUT2D eigenvalue weighted by atomic mass is 9.87. The Hall–Kier alpha value is -1.29. The van der Waals surface area contributed by atoms with Gasteiger partial charge in [0, 0.05) is 29.3 Å². The van der Waals surface area contributed by atoms with Crippen molar-refractivity contribution in [3.05, 3.63) is 29.8 Å². The number of carbonyl (C=O) groups excluding carboxylic acids is 2. The second kappa shape index (κ2) is 8.37. The van der Waals surface area contributed by atoms with Crippen molar-refractivity contribution < 1.29 is 9.59 Å². The zero-order chi connectivity index (χ0) is 15.9. The molecule has 0 aliphatic heterocycles. The van der Waals surface area contributed by atoms with Gasteiger partial charge in [-0.3, -0.25) is 9.59 Å². The monoisotopic (exact) mass is 319 g/mol. The normalized spacial score (nSPS) is 21.4. The lowest BCUT2D eigenvalue weighted by Gasteiger charge is -2.26. The molecule has 0 radical (unpaired) electrons. The van der Waals surface area contributed by atoms with E-state index in [0.717, 1.165) is 23.7 Å². The number of nitrogens with one attached hydrogen (secondary N) is 1. The fourth-order valence-corrected chi connectivity index (χ4v) is 3.26. The van der Waals surface area contributed by atoms with Crippen LogP contribution < -0.4 is 5.32 Å². The number of amides is 1. The molecule has 1 aliphatic rings. The molecule has 0 heterocycles. The minimum atomic E-state index is 0.00800. The molecule has 120 valence electrons. The van der Waals surface area contributed by atoms with Gasteiger partial charge in [-0.2, -0.15) is 0 Å². The van der Waals surface area contributed by atoms with E-state index in [-0.39, 0.29) is 24.5 Å². The molecular weight excluding hydrogens is 294 g/mol. The number of carbonyl (C=O) groups is 2. The summed E-state index contributed by atoms with van der Waals surface area (Å²) in [5.41, 5.74) is 0.692. The first kappa shape index (κ1) is 17.1. The van der Waals surface area contributed by atoms with Gasteiger partial charge in [-0.1, -0.05) is 19.1 Å². The Balaban J connectivity index is 1.74. The van der Waals surface area contributed by atoms with Crippen LogP contribution in [-0.2, 0) is 4.79 Å². The molecule has 0 spiro atoms. The van der Waals surface area contributed by atoms with Gasteiger partial charge in [0.1, 0.15) is 0 Å². The number of thioether (sulfide) groups is 1. The number of benzene rings is 1. The van der Waals surface area contributed by atoms with Gasteiger partial charge >= 0.3 is 0 Å². The van der Waals surface area contributed by atoms with Crippen molar-refractivity contribution in [2.45, 2.75) is 56.4 Å². The zero-order valence-corrected chi connectivity index (χ0v) is 14.2. The van der Waals surface area contributed by atoms with E-state index in [4.69, 9.17) is 0 Å². The highest BCUT2D eigenvalue weighted by molar-refractivity contribution is 7.98. The summed E-state index contributed by atoms with van der Waals surface area (Å²) in [4.78, 5) is 25.2. The van der Waals surface area contributed by atoms with Crippen molar-refractivity contribution in [2.24, 2.45) is 5.92 Å². The Morgan fingerprint density at radius 1 is 1.09 bits per heavy atom. The molecule has 1 fully saturated rings. The third-order valence-corrected chi connectivity index (χ3v) is 5.12. The summed E-state index contributed by atoms with van der Waals surface area (Å²) in [6, 6.07) is 7.88. The Morgan fingerprint density at radius 3 is 2.32 bits per heavy atom. The van der Waals surface area contributed by atoms with Crippen LogP contribution in [-0.4, -0.2) is 24.0 Å². The first-order valence-corrected chi connectivity index (χ1v) is 9.27. The van der Waals surface area contributed by atoms with Crippen molar-refractivity contribution in [1.29, 1.82) is 0 Å². The summed E-state index contributed by atoms with van der Waals surface area (Å²) in [7, 11) is 0. The van der Waals surface area contributed by atoms with Crippen LogP contribution in [0.25, 0.3) is 0 Å². The van der Waals surface area contributed by atoms with Crippen molar-refractivity contribution in [3.63, 3.8) is 0 Å². The summed E-state index contributed by atoms with van der Waals surface area (Å²) < 4.78 is 0. The number of hydrogen-bond donors (Lipinski definition) is 1. The highest BCUT2D eigenvalue weighted by Gasteiger charge is 2.20. The van der Waals surface area contributed by atoms with Gasteiger partial charge in [0.25, 0.3) is 0 Å². The van der Waals surface area contributed by atoms with E-state index in [1.54, 1.807) is 11.8 Å². The largest absolute Gasteiger partial charge is 0.353 e. The van der Waals surface area contributed by atoms with Crippen LogP contribution in [0, 0.1) is 5.92 Å². The Kier molecular flexibility index (Phi) is 6.49. The molecule has 1 aromatic rings. The smallest absolute Gasteiger partial charge is 0.220 e. The number of hydrogen-bond acceptors (Lipinski definition) is 3. The zero-order valence-electron chi connectivity index (χ0n) is 13.4. The molecule has 2 rings (SSSR count). The quantitative estimate of drug-likeness (QED) is 0.635. The molecule has 0 atom stereocenters. The number of ketones is 1. The lowest BCUT2D eigenvalue weighted by molar-refractivity contribution is -0.122. The minimum absolute atomic E-state index is 0.00800. The Morgan fingerprint density at radius 2 is 1.73 bits per heavy atom. The van der Waals surface area contributed by atoms with Crippen LogP contribution in [0.3, 0.4) is 0 Å². The fraction of sp³-hybridized carbons (Fsp3) is 0.556. The van der Waals surface area contributed by atoms with Crippen LogP contribution in [0.5, 0.6) is 0 Å². The van der Waals surface area contributed by atoms with Gasteiger partial charge in [0.05, 0.1) is 0 Å². The Labute approximate surface area is 137 Å². The highest BCUT2D eigenvalue weighted by atomic mass is 32.2. The second-order valence-corrected chi connectivity index (χ2v) is 7.06. The third kappa shape index (κ3) is 5.16. The summed E-state index contributed by atoms with van der Waals surface area (Å²) >= 11 is 1.65. The van der Waals surface area contributed by atoms with Gasteiger partial charge in [-0.25, -0.2) is 0 Å². The van der Waals surface area contributed by atoms with E-state index in [9.17, 15) is 9.59 Å². The fourth-order valence-electron chi connectivity index (χ4n) is 2.85. The molecule has 1 saturated carbocycles. The van der Waals surface area contributed by atoms with Gasteiger partial charge in [-0.05, 0) is 50.0 Å². The van der Waals surface area contributed by atoms with Gasteiger partial charge in [-0.15, -0.1) is 11.8 Å². The molecule has 0 aromatic heterocycles. The highest BCUT2D eigenvalue weighted by Crippen LogP contribution is 2.23. The van der Waals surface area contributed by atoms with E-state index in [1.165, 1.54) is 12.8 Å². The number of rotatable bonds is 6. The molecule has 22 heavy (non-hydrogen) atoms. The van der Waals surface area contributed by atoms with E-state index in [1.807, 2.05) is 30.5 Å². The van der Waals surface area contributed by atoms with E-state index >= 15 is 0 Å². The molecule has 1 N–H and O–H groups in total. The van der Waals surface area contributed by atoms with Crippen LogP contribution in [0.4, 0.5) is 0 Å². The average Bonchev–Trinajstić information content (AvgIpc) is 2.55. The summed E-state index contributed by atoms with van der Waals surface area (Å²) in [5, 5.41) is 3.07. The summed E-state index contributed by atoms with van der Waals surface area (Å²) in [5.74, 6) is 0.827. The van der Waals surface area contributed by atoms with E-state index in [0.29, 0.717) is 11.6 Å². The molecular formula is C18H25NO2S. The van der Waals surface area contributed by atoms with Gasteiger partial charge < -0.3 is 5.32 Å². The first-order chi connectivity index (χ1) is 10.6. The first-order valence-electron chi connectivity index (χ1n) is 8.05. The van der Waals surface area contributed by atoms with Crippen molar-refractivity contribution >= 4 is 23.5 Å². The molecule has 0 unspecified atom stereocenters. The van der Waals surface area contributed by atoms with Crippen LogP contribution in [0.15, 0.2) is 29.2 Å². The SMILES string of the molecule is CSc1ccc(C(=O)CCC(=O)NC2CCC(C)CC2)cc1. The van der Waals surface area contributed by atoms with E-state index in [2.05, 4.69) is 12.2 Å². The maximum absolute atomic E-state index is 12.1. The molecule has 0 bridgehead atoms. The maximum atomic E-state index is 12.1. The molecule has 1 aromatic carbocycles. The standard InChI is InChI=1S/C18H25NO2S/c1-13-3-7-15(8-4-13)19-18(21)12-11-17(20)14-5-9-16(22-2)10-6-14/h5-6,9-10,13,15H,3-4,7-8,11-12H2,1-2H3,(H,19,21).